The summed E-state index contributed by atoms with van der Waals surface area (Å²) in [5.41, 5.74) is 2.17. The van der Waals surface area contributed by atoms with Crippen molar-refractivity contribution in [3.05, 3.63) is 90.5 Å². The molecular weight excluding hydrogens is 458 g/mol. The van der Waals surface area contributed by atoms with Gasteiger partial charge < -0.3 is 10.1 Å². The van der Waals surface area contributed by atoms with Crippen LogP contribution in [-0.2, 0) is 0 Å². The minimum absolute atomic E-state index is 0.184. The first-order valence-electron chi connectivity index (χ1n) is 11.5. The number of nitrogens with one attached hydrogen (secondary N) is 2. The van der Waals surface area contributed by atoms with Gasteiger partial charge in [0.2, 0.25) is 0 Å². The van der Waals surface area contributed by atoms with Crippen molar-refractivity contribution in [3.8, 4) is 17.1 Å². The Hall–Kier alpha value is -3.91. The molecule has 0 saturated heterocycles. The summed E-state index contributed by atoms with van der Waals surface area (Å²) in [6, 6.07) is 22.7. The number of tetrazole rings is 1. The number of aromatic nitrogens is 4. The fraction of sp³-hybridized carbons (Fsp3) is 0.185. The summed E-state index contributed by atoms with van der Waals surface area (Å²) in [7, 11) is 0. The van der Waals surface area contributed by atoms with E-state index in [4.69, 9.17) is 4.74 Å². The van der Waals surface area contributed by atoms with Crippen molar-refractivity contribution >= 4 is 23.4 Å². The van der Waals surface area contributed by atoms with Crippen LogP contribution in [0.3, 0.4) is 0 Å². The number of carbonyl (C=O) groups is 1. The van der Waals surface area contributed by atoms with Crippen LogP contribution in [0.2, 0.25) is 0 Å². The SMILES string of the molecule is CCCCC=CCOc1ccc(C(=O)Nc2ccccc2Sc2ccccc2-c2nnn[nH]2)cc1. The highest BCUT2D eigenvalue weighted by atomic mass is 32.2. The van der Waals surface area contributed by atoms with Gasteiger partial charge in [-0.15, -0.1) is 5.10 Å². The largest absolute Gasteiger partial charge is 0.490 e. The normalized spacial score (nSPS) is 11.0. The maximum absolute atomic E-state index is 12.9. The summed E-state index contributed by atoms with van der Waals surface area (Å²) < 4.78 is 5.73. The van der Waals surface area contributed by atoms with Gasteiger partial charge in [-0.3, -0.25) is 4.79 Å². The lowest BCUT2D eigenvalue weighted by Crippen LogP contribution is -2.12. The molecule has 4 rings (SSSR count). The molecule has 0 unspecified atom stereocenters. The predicted molar refractivity (Wildman–Crippen MR) is 139 cm³/mol. The van der Waals surface area contributed by atoms with E-state index in [1.54, 1.807) is 12.1 Å². The summed E-state index contributed by atoms with van der Waals surface area (Å²) >= 11 is 1.54. The highest BCUT2D eigenvalue weighted by molar-refractivity contribution is 7.99. The molecule has 0 radical (unpaired) electrons. The van der Waals surface area contributed by atoms with E-state index in [0.29, 0.717) is 18.0 Å². The quantitative estimate of drug-likeness (QED) is 0.189. The maximum Gasteiger partial charge on any atom is 0.255 e. The Labute approximate surface area is 209 Å². The first-order chi connectivity index (χ1) is 17.2. The molecule has 0 bridgehead atoms. The molecule has 7 nitrogen and oxygen atoms in total. The molecule has 0 atom stereocenters. The van der Waals surface area contributed by atoms with Gasteiger partial charge in [-0.2, -0.15) is 0 Å². The van der Waals surface area contributed by atoms with Crippen molar-refractivity contribution in [1.82, 2.24) is 20.6 Å². The van der Waals surface area contributed by atoms with E-state index in [9.17, 15) is 4.79 Å². The van der Waals surface area contributed by atoms with Crippen molar-refractivity contribution in [2.45, 2.75) is 36.0 Å². The Balaban J connectivity index is 1.41. The van der Waals surface area contributed by atoms with E-state index in [0.717, 1.165) is 33.2 Å². The third-order valence-electron chi connectivity index (χ3n) is 5.20. The molecule has 2 N–H and O–H groups in total. The lowest BCUT2D eigenvalue weighted by atomic mass is 10.2. The van der Waals surface area contributed by atoms with Crippen molar-refractivity contribution in [3.63, 3.8) is 0 Å². The fourth-order valence-electron chi connectivity index (χ4n) is 3.35. The molecule has 0 aliphatic heterocycles. The average molecular weight is 486 g/mol. The molecule has 0 fully saturated rings. The van der Waals surface area contributed by atoms with E-state index in [1.165, 1.54) is 24.6 Å². The van der Waals surface area contributed by atoms with Crippen LogP contribution in [0.4, 0.5) is 5.69 Å². The van der Waals surface area contributed by atoms with Gasteiger partial charge >= 0.3 is 0 Å². The second-order valence-corrected chi connectivity index (χ2v) is 8.83. The molecule has 1 amide bonds. The second-order valence-electron chi connectivity index (χ2n) is 7.75. The van der Waals surface area contributed by atoms with E-state index < -0.39 is 0 Å². The third kappa shape index (κ3) is 6.80. The number of benzene rings is 3. The zero-order valence-electron chi connectivity index (χ0n) is 19.5. The number of unbranched alkanes of at least 4 members (excludes halogenated alkanes) is 2. The highest BCUT2D eigenvalue weighted by Gasteiger charge is 2.13. The lowest BCUT2D eigenvalue weighted by Gasteiger charge is -2.12. The number of allylic oxidation sites excluding steroid dienone is 1. The van der Waals surface area contributed by atoms with Crippen LogP contribution in [0, 0.1) is 0 Å². The van der Waals surface area contributed by atoms with Gasteiger partial charge in [0.1, 0.15) is 12.4 Å². The van der Waals surface area contributed by atoms with Gasteiger partial charge in [-0.1, -0.05) is 67.9 Å². The second kappa shape index (κ2) is 12.5. The predicted octanol–water partition coefficient (Wildman–Crippen LogP) is 6.40. The monoisotopic (exact) mass is 485 g/mol. The Morgan fingerprint density at radius 1 is 1.00 bits per heavy atom. The molecule has 0 saturated carbocycles. The summed E-state index contributed by atoms with van der Waals surface area (Å²) in [5.74, 6) is 1.14. The Bertz CT molecular complexity index is 1260. The zero-order chi connectivity index (χ0) is 24.3. The number of amides is 1. The van der Waals surface area contributed by atoms with E-state index in [1.807, 2.05) is 66.7 Å². The number of aromatic amines is 1. The molecule has 4 aromatic rings. The zero-order valence-corrected chi connectivity index (χ0v) is 20.3. The molecule has 0 aliphatic rings. The minimum atomic E-state index is -0.184. The minimum Gasteiger partial charge on any atom is -0.490 e. The number of rotatable bonds is 11. The number of ether oxygens (including phenoxy) is 1. The number of hydrogen-bond donors (Lipinski definition) is 2. The molecular formula is C27H27N5O2S. The van der Waals surface area contributed by atoms with Crippen molar-refractivity contribution in [1.29, 1.82) is 0 Å². The van der Waals surface area contributed by atoms with Crippen LogP contribution in [0.15, 0.2) is 94.7 Å². The van der Waals surface area contributed by atoms with Gasteiger partial charge in [0, 0.05) is 20.9 Å². The summed E-state index contributed by atoms with van der Waals surface area (Å²) in [4.78, 5) is 14.8. The standard InChI is InChI=1S/C27H27N5O2S/c1-2-3-4-5-10-19-34-21-17-15-20(16-18-21)27(33)28-23-12-7-9-14-25(23)35-24-13-8-6-11-22(24)26-29-31-32-30-26/h5-18H,2-4,19H2,1H3,(H,28,33)(H,29,30,31,32). The number of H-pyrrole nitrogens is 1. The molecule has 0 spiro atoms. The van der Waals surface area contributed by atoms with Crippen LogP contribution in [0.1, 0.15) is 36.5 Å². The summed E-state index contributed by atoms with van der Waals surface area (Å²) in [5, 5.41) is 17.2. The van der Waals surface area contributed by atoms with Gasteiger partial charge in [-0.25, -0.2) is 5.10 Å². The van der Waals surface area contributed by atoms with Crippen LogP contribution in [0.25, 0.3) is 11.4 Å². The van der Waals surface area contributed by atoms with Crippen LogP contribution >= 0.6 is 11.8 Å². The van der Waals surface area contributed by atoms with Crippen molar-refractivity contribution < 1.29 is 9.53 Å². The van der Waals surface area contributed by atoms with Gasteiger partial charge in [0.05, 0.1) is 5.69 Å². The lowest BCUT2D eigenvalue weighted by molar-refractivity contribution is 0.102. The summed E-state index contributed by atoms with van der Waals surface area (Å²) in [6.07, 6.45) is 7.62. The van der Waals surface area contributed by atoms with E-state index in [2.05, 4.69) is 38.9 Å². The molecule has 1 heterocycles. The Morgan fingerprint density at radius 2 is 1.77 bits per heavy atom. The number of nitrogens with zero attached hydrogens (tertiary/aromatic N) is 3. The van der Waals surface area contributed by atoms with Gasteiger partial charge in [0.25, 0.3) is 5.91 Å². The smallest absolute Gasteiger partial charge is 0.255 e. The summed E-state index contributed by atoms with van der Waals surface area (Å²) in [6.45, 7) is 2.70. The maximum atomic E-state index is 12.9. The highest BCUT2D eigenvalue weighted by Crippen LogP contribution is 2.38. The Kier molecular flexibility index (Phi) is 8.67. The number of hydrogen-bond acceptors (Lipinski definition) is 6. The van der Waals surface area contributed by atoms with E-state index >= 15 is 0 Å². The van der Waals surface area contributed by atoms with Crippen LogP contribution in [0.5, 0.6) is 5.75 Å². The number of carbonyl (C=O) groups excluding carboxylic acids is 1. The van der Waals surface area contributed by atoms with E-state index in [-0.39, 0.29) is 5.91 Å². The first kappa shape index (κ1) is 24.2. The number of anilines is 1. The topological polar surface area (TPSA) is 92.8 Å². The molecule has 0 aliphatic carbocycles. The van der Waals surface area contributed by atoms with Crippen LogP contribution < -0.4 is 10.1 Å². The van der Waals surface area contributed by atoms with Crippen molar-refractivity contribution in [2.24, 2.45) is 0 Å². The van der Waals surface area contributed by atoms with Crippen molar-refractivity contribution in [2.75, 3.05) is 11.9 Å². The molecule has 8 heteroatoms. The molecule has 35 heavy (non-hydrogen) atoms. The van der Waals surface area contributed by atoms with Gasteiger partial charge in [-0.05, 0) is 65.4 Å². The fourth-order valence-corrected chi connectivity index (χ4v) is 4.38. The van der Waals surface area contributed by atoms with Crippen LogP contribution in [-0.4, -0.2) is 33.1 Å². The molecule has 3 aromatic carbocycles. The molecule has 1 aromatic heterocycles. The third-order valence-corrected chi connectivity index (χ3v) is 6.35. The average Bonchev–Trinajstić information content (AvgIpc) is 3.43. The molecule has 178 valence electrons. The Morgan fingerprint density at radius 3 is 2.54 bits per heavy atom. The first-order valence-corrected chi connectivity index (χ1v) is 12.4. The number of para-hydroxylation sites is 1. The van der Waals surface area contributed by atoms with Gasteiger partial charge in [0.15, 0.2) is 5.82 Å².